The number of carbonyl (C=O) groups is 2. The number of rotatable bonds is 7. The summed E-state index contributed by atoms with van der Waals surface area (Å²) in [6.45, 7) is 5.06. The number of nitrogens with zero attached hydrogens (tertiary/aromatic N) is 1. The van der Waals surface area contributed by atoms with Gasteiger partial charge in [-0.2, -0.15) is 0 Å². The zero-order valence-electron chi connectivity index (χ0n) is 15.6. The molecular formula is C22H23NO3S. The van der Waals surface area contributed by atoms with Crippen molar-refractivity contribution in [2.45, 2.75) is 33.3 Å². The molecule has 2 aromatic carbocycles. The smallest absolute Gasteiger partial charge is 0.293 e. The quantitative estimate of drug-likeness (QED) is 0.602. The predicted molar refractivity (Wildman–Crippen MR) is 110 cm³/mol. The molecule has 1 saturated heterocycles. The second-order valence-corrected chi connectivity index (χ2v) is 7.53. The maximum absolute atomic E-state index is 12.4. The Balaban J connectivity index is 1.68. The number of ether oxygens (including phenoxy) is 1. The lowest BCUT2D eigenvalue weighted by Crippen LogP contribution is -2.29. The third kappa shape index (κ3) is 5.01. The summed E-state index contributed by atoms with van der Waals surface area (Å²) in [5.74, 6) is 0.527. The first-order valence-electron chi connectivity index (χ1n) is 9.10. The molecule has 2 aromatic rings. The molecule has 0 atom stereocenters. The lowest BCUT2D eigenvalue weighted by molar-refractivity contribution is -0.122. The van der Waals surface area contributed by atoms with Gasteiger partial charge < -0.3 is 4.74 Å². The summed E-state index contributed by atoms with van der Waals surface area (Å²) >= 11 is 1.00. The van der Waals surface area contributed by atoms with Crippen LogP contribution in [0.4, 0.5) is 4.79 Å². The molecule has 140 valence electrons. The fourth-order valence-electron chi connectivity index (χ4n) is 2.71. The van der Waals surface area contributed by atoms with E-state index in [0.29, 0.717) is 18.1 Å². The Morgan fingerprint density at radius 2 is 1.89 bits per heavy atom. The second kappa shape index (κ2) is 8.91. The van der Waals surface area contributed by atoms with E-state index >= 15 is 0 Å². The van der Waals surface area contributed by atoms with E-state index in [9.17, 15) is 9.59 Å². The molecule has 1 fully saturated rings. The highest BCUT2D eigenvalue weighted by molar-refractivity contribution is 8.18. The standard InChI is InChI=1S/C22H23NO3S/c1-3-4-12-23-21(24)20(27-22(23)25)14-18-6-5-7-19(13-18)26-15-17-10-8-16(2)9-11-17/h5-11,13-14H,3-4,12,15H2,1-2H3/b20-14-. The Kier molecular flexibility index (Phi) is 6.35. The van der Waals surface area contributed by atoms with Gasteiger partial charge in [0, 0.05) is 6.54 Å². The Bertz CT molecular complexity index is 858. The van der Waals surface area contributed by atoms with E-state index in [1.165, 1.54) is 10.5 Å². The van der Waals surface area contributed by atoms with Crippen LogP contribution in [0, 0.1) is 6.92 Å². The molecule has 3 rings (SSSR count). The highest BCUT2D eigenvalue weighted by Gasteiger charge is 2.34. The van der Waals surface area contributed by atoms with Gasteiger partial charge >= 0.3 is 0 Å². The van der Waals surface area contributed by atoms with E-state index < -0.39 is 0 Å². The van der Waals surface area contributed by atoms with Crippen molar-refractivity contribution in [1.82, 2.24) is 4.90 Å². The van der Waals surface area contributed by atoms with Crippen molar-refractivity contribution in [2.75, 3.05) is 6.54 Å². The number of thioether (sulfide) groups is 1. The average Bonchev–Trinajstić information content (AvgIpc) is 2.93. The predicted octanol–water partition coefficient (Wildman–Crippen LogP) is 5.41. The Morgan fingerprint density at radius 1 is 1.11 bits per heavy atom. The van der Waals surface area contributed by atoms with Gasteiger partial charge in [0.05, 0.1) is 4.91 Å². The van der Waals surface area contributed by atoms with Crippen molar-refractivity contribution >= 4 is 29.0 Å². The van der Waals surface area contributed by atoms with Gasteiger partial charge in [-0.1, -0.05) is 55.3 Å². The van der Waals surface area contributed by atoms with E-state index in [0.717, 1.165) is 41.5 Å². The van der Waals surface area contributed by atoms with Gasteiger partial charge in [-0.05, 0) is 54.4 Å². The van der Waals surface area contributed by atoms with Gasteiger partial charge in [0.15, 0.2) is 0 Å². The number of hydrogen-bond acceptors (Lipinski definition) is 4. The minimum Gasteiger partial charge on any atom is -0.489 e. The van der Waals surface area contributed by atoms with Crippen LogP contribution in [0.3, 0.4) is 0 Å². The van der Waals surface area contributed by atoms with Crippen molar-refractivity contribution in [3.8, 4) is 5.75 Å². The normalized spacial score (nSPS) is 15.6. The first kappa shape index (κ1) is 19.2. The van der Waals surface area contributed by atoms with E-state index in [1.807, 2.05) is 43.3 Å². The van der Waals surface area contributed by atoms with Crippen LogP contribution in [-0.4, -0.2) is 22.6 Å². The molecule has 1 aliphatic heterocycles. The fourth-order valence-corrected chi connectivity index (χ4v) is 3.57. The van der Waals surface area contributed by atoms with Crippen LogP contribution in [0.5, 0.6) is 5.75 Å². The van der Waals surface area contributed by atoms with E-state index in [-0.39, 0.29) is 11.1 Å². The highest BCUT2D eigenvalue weighted by Crippen LogP contribution is 2.32. The van der Waals surface area contributed by atoms with Gasteiger partial charge in [-0.25, -0.2) is 0 Å². The Labute approximate surface area is 164 Å². The number of imide groups is 1. The maximum atomic E-state index is 12.4. The van der Waals surface area contributed by atoms with E-state index in [4.69, 9.17) is 4.74 Å². The number of hydrogen-bond donors (Lipinski definition) is 0. The van der Waals surface area contributed by atoms with Gasteiger partial charge in [0.2, 0.25) is 0 Å². The Morgan fingerprint density at radius 3 is 2.63 bits per heavy atom. The molecule has 0 aliphatic carbocycles. The molecule has 0 spiro atoms. The van der Waals surface area contributed by atoms with E-state index in [1.54, 1.807) is 6.08 Å². The molecule has 0 saturated carbocycles. The van der Waals surface area contributed by atoms with Gasteiger partial charge in [-0.15, -0.1) is 0 Å². The van der Waals surface area contributed by atoms with Gasteiger partial charge in [0.25, 0.3) is 11.1 Å². The van der Waals surface area contributed by atoms with Crippen molar-refractivity contribution in [3.63, 3.8) is 0 Å². The molecule has 1 heterocycles. The molecule has 2 amide bonds. The molecule has 27 heavy (non-hydrogen) atoms. The third-order valence-electron chi connectivity index (χ3n) is 4.29. The molecule has 0 bridgehead atoms. The molecule has 1 aliphatic rings. The zero-order valence-corrected chi connectivity index (χ0v) is 16.4. The van der Waals surface area contributed by atoms with Crippen molar-refractivity contribution in [3.05, 3.63) is 70.1 Å². The summed E-state index contributed by atoms with van der Waals surface area (Å²) in [4.78, 5) is 26.3. The number of carbonyl (C=O) groups excluding carboxylic acids is 2. The summed E-state index contributed by atoms with van der Waals surface area (Å²) in [5.41, 5.74) is 3.16. The average molecular weight is 381 g/mol. The van der Waals surface area contributed by atoms with Crippen LogP contribution in [-0.2, 0) is 11.4 Å². The van der Waals surface area contributed by atoms with Crippen molar-refractivity contribution in [1.29, 1.82) is 0 Å². The maximum Gasteiger partial charge on any atom is 0.293 e. The van der Waals surface area contributed by atoms with Crippen LogP contribution in [0.2, 0.25) is 0 Å². The molecule has 4 nitrogen and oxygen atoms in total. The highest BCUT2D eigenvalue weighted by atomic mass is 32.2. The minimum absolute atomic E-state index is 0.188. The number of aryl methyl sites for hydroxylation is 1. The van der Waals surface area contributed by atoms with Crippen LogP contribution in [0.15, 0.2) is 53.4 Å². The summed E-state index contributed by atoms with van der Waals surface area (Å²) in [7, 11) is 0. The summed E-state index contributed by atoms with van der Waals surface area (Å²) < 4.78 is 5.86. The van der Waals surface area contributed by atoms with Crippen LogP contribution >= 0.6 is 11.8 Å². The molecular weight excluding hydrogens is 358 g/mol. The van der Waals surface area contributed by atoms with Crippen molar-refractivity contribution < 1.29 is 14.3 Å². The first-order valence-corrected chi connectivity index (χ1v) is 9.92. The topological polar surface area (TPSA) is 46.6 Å². The summed E-state index contributed by atoms with van der Waals surface area (Å²) in [6.07, 6.45) is 3.53. The summed E-state index contributed by atoms with van der Waals surface area (Å²) in [5, 5.41) is -0.188. The fraction of sp³-hybridized carbons (Fsp3) is 0.273. The molecule has 0 aromatic heterocycles. The van der Waals surface area contributed by atoms with Gasteiger partial charge in [0.1, 0.15) is 12.4 Å². The van der Waals surface area contributed by atoms with Crippen LogP contribution < -0.4 is 4.74 Å². The zero-order chi connectivity index (χ0) is 19.2. The number of amides is 2. The third-order valence-corrected chi connectivity index (χ3v) is 5.20. The van der Waals surface area contributed by atoms with Crippen molar-refractivity contribution in [2.24, 2.45) is 0 Å². The molecule has 5 heteroatoms. The van der Waals surface area contributed by atoms with Crippen LogP contribution in [0.25, 0.3) is 6.08 Å². The first-order chi connectivity index (χ1) is 13.1. The summed E-state index contributed by atoms with van der Waals surface area (Å²) in [6, 6.07) is 15.8. The molecule has 0 unspecified atom stereocenters. The lowest BCUT2D eigenvalue weighted by Gasteiger charge is -2.10. The van der Waals surface area contributed by atoms with Crippen LogP contribution in [0.1, 0.15) is 36.5 Å². The monoisotopic (exact) mass is 381 g/mol. The Hall–Kier alpha value is -2.53. The number of unbranched alkanes of at least 4 members (excludes halogenated alkanes) is 1. The molecule has 0 radical (unpaired) electrons. The number of benzene rings is 2. The lowest BCUT2D eigenvalue weighted by atomic mass is 10.1. The largest absolute Gasteiger partial charge is 0.489 e. The SMILES string of the molecule is CCCCN1C(=O)S/C(=C\c2cccc(OCc3ccc(C)cc3)c2)C1=O. The molecule has 0 N–H and O–H groups in total. The minimum atomic E-state index is -0.204. The van der Waals surface area contributed by atoms with Gasteiger partial charge in [-0.3, -0.25) is 14.5 Å². The second-order valence-electron chi connectivity index (χ2n) is 6.53. The van der Waals surface area contributed by atoms with E-state index in [2.05, 4.69) is 19.1 Å².